The predicted molar refractivity (Wildman–Crippen MR) is 96.3 cm³/mol. The molecule has 0 saturated carbocycles. The van der Waals surface area contributed by atoms with Gasteiger partial charge in [0.25, 0.3) is 0 Å². The van der Waals surface area contributed by atoms with E-state index in [-0.39, 0.29) is 5.91 Å². The van der Waals surface area contributed by atoms with Crippen LogP contribution in [0.3, 0.4) is 0 Å². The van der Waals surface area contributed by atoms with E-state index in [1.54, 1.807) is 24.3 Å². The van der Waals surface area contributed by atoms with Crippen LogP contribution in [0.5, 0.6) is 0 Å². The summed E-state index contributed by atoms with van der Waals surface area (Å²) in [6.07, 6.45) is 1.09. The molecule has 128 valence electrons. The Morgan fingerprint density at radius 1 is 1.04 bits per heavy atom. The van der Waals surface area contributed by atoms with Crippen molar-refractivity contribution in [2.45, 2.75) is 19.9 Å². The molecule has 0 bridgehead atoms. The van der Waals surface area contributed by atoms with Crippen molar-refractivity contribution < 1.29 is 13.2 Å². The van der Waals surface area contributed by atoms with Crippen molar-refractivity contribution in [3.05, 3.63) is 65.2 Å². The van der Waals surface area contributed by atoms with E-state index in [0.717, 1.165) is 21.7 Å². The molecule has 0 aliphatic heterocycles. The third-order valence-corrected chi connectivity index (χ3v) is 5.00. The first-order valence-electron chi connectivity index (χ1n) is 7.55. The first-order chi connectivity index (χ1) is 11.2. The Kier molecular flexibility index (Phi) is 5.41. The SMILES string of the molecule is Cc1cc(C)cc(NC(=O)[C@H](c2ccccc2)N(C)S(C)(=O)=O)c1. The topological polar surface area (TPSA) is 66.5 Å². The van der Waals surface area contributed by atoms with Gasteiger partial charge in [-0.05, 0) is 42.7 Å². The summed E-state index contributed by atoms with van der Waals surface area (Å²) < 4.78 is 25.0. The minimum absolute atomic E-state index is 0.390. The molecule has 2 rings (SSSR count). The molecule has 0 aliphatic carbocycles. The summed E-state index contributed by atoms with van der Waals surface area (Å²) in [5.74, 6) is -0.390. The smallest absolute Gasteiger partial charge is 0.247 e. The van der Waals surface area contributed by atoms with E-state index in [0.29, 0.717) is 11.3 Å². The normalized spacial score (nSPS) is 12.9. The highest BCUT2D eigenvalue weighted by Gasteiger charge is 2.30. The van der Waals surface area contributed by atoms with Gasteiger partial charge in [0.05, 0.1) is 6.26 Å². The second-order valence-electron chi connectivity index (χ2n) is 5.96. The van der Waals surface area contributed by atoms with Gasteiger partial charge in [-0.1, -0.05) is 36.4 Å². The van der Waals surface area contributed by atoms with Crippen LogP contribution in [0, 0.1) is 13.8 Å². The minimum Gasteiger partial charge on any atom is -0.324 e. The Bertz CT molecular complexity index is 812. The highest BCUT2D eigenvalue weighted by atomic mass is 32.2. The number of hydrogen-bond acceptors (Lipinski definition) is 3. The molecule has 0 aliphatic rings. The van der Waals surface area contributed by atoms with Gasteiger partial charge in [-0.2, -0.15) is 4.31 Å². The van der Waals surface area contributed by atoms with Crippen molar-refractivity contribution in [2.24, 2.45) is 0 Å². The number of amides is 1. The van der Waals surface area contributed by atoms with Gasteiger partial charge >= 0.3 is 0 Å². The molecule has 0 radical (unpaired) electrons. The molecule has 24 heavy (non-hydrogen) atoms. The van der Waals surface area contributed by atoms with E-state index in [2.05, 4.69) is 5.32 Å². The van der Waals surface area contributed by atoms with Gasteiger partial charge in [-0.15, -0.1) is 0 Å². The summed E-state index contributed by atoms with van der Waals surface area (Å²) in [6.45, 7) is 3.89. The molecule has 2 aromatic carbocycles. The number of anilines is 1. The number of sulfonamides is 1. The molecule has 2 aromatic rings. The molecular formula is C18H22N2O3S. The maximum absolute atomic E-state index is 12.8. The van der Waals surface area contributed by atoms with Crippen LogP contribution in [0.15, 0.2) is 48.5 Å². The van der Waals surface area contributed by atoms with Crippen molar-refractivity contribution in [1.29, 1.82) is 0 Å². The monoisotopic (exact) mass is 346 g/mol. The highest BCUT2D eigenvalue weighted by molar-refractivity contribution is 7.88. The lowest BCUT2D eigenvalue weighted by Crippen LogP contribution is -2.38. The summed E-state index contributed by atoms with van der Waals surface area (Å²) in [4.78, 5) is 12.8. The molecule has 0 saturated heterocycles. The number of carbonyl (C=O) groups is 1. The molecule has 1 N–H and O–H groups in total. The Balaban J connectivity index is 2.38. The molecule has 6 heteroatoms. The Morgan fingerprint density at radius 3 is 2.08 bits per heavy atom. The van der Waals surface area contributed by atoms with Crippen molar-refractivity contribution in [1.82, 2.24) is 4.31 Å². The average molecular weight is 346 g/mol. The zero-order valence-corrected chi connectivity index (χ0v) is 15.1. The maximum atomic E-state index is 12.8. The van der Waals surface area contributed by atoms with Gasteiger partial charge in [0.2, 0.25) is 15.9 Å². The molecule has 0 aromatic heterocycles. The van der Waals surface area contributed by atoms with Crippen molar-refractivity contribution in [2.75, 3.05) is 18.6 Å². The quantitative estimate of drug-likeness (QED) is 0.905. The standard InChI is InChI=1S/C18H22N2O3S/c1-13-10-14(2)12-16(11-13)19-18(21)17(20(3)24(4,22)23)15-8-6-5-7-9-15/h5-12,17H,1-4H3,(H,19,21)/t17-/m0/s1. The van der Waals surface area contributed by atoms with Crippen LogP contribution in [0.2, 0.25) is 0 Å². The van der Waals surface area contributed by atoms with Crippen LogP contribution in [-0.2, 0) is 14.8 Å². The van der Waals surface area contributed by atoms with E-state index < -0.39 is 16.1 Å². The summed E-state index contributed by atoms with van der Waals surface area (Å²) >= 11 is 0. The number of benzene rings is 2. The van der Waals surface area contributed by atoms with Gasteiger partial charge in [-0.3, -0.25) is 4.79 Å². The lowest BCUT2D eigenvalue weighted by atomic mass is 10.1. The molecular weight excluding hydrogens is 324 g/mol. The first kappa shape index (κ1) is 18.2. The maximum Gasteiger partial charge on any atom is 0.247 e. The largest absolute Gasteiger partial charge is 0.324 e. The number of nitrogens with zero attached hydrogens (tertiary/aromatic N) is 1. The fourth-order valence-corrected chi connectivity index (χ4v) is 3.21. The minimum atomic E-state index is -3.53. The average Bonchev–Trinajstić information content (AvgIpc) is 2.46. The molecule has 5 nitrogen and oxygen atoms in total. The van der Waals surface area contributed by atoms with E-state index >= 15 is 0 Å². The number of carbonyl (C=O) groups excluding carboxylic acids is 1. The zero-order valence-electron chi connectivity index (χ0n) is 14.3. The molecule has 1 atom stereocenters. The van der Waals surface area contributed by atoms with Crippen LogP contribution < -0.4 is 5.32 Å². The van der Waals surface area contributed by atoms with Gasteiger partial charge in [0.15, 0.2) is 0 Å². The van der Waals surface area contributed by atoms with Crippen molar-refractivity contribution in [3.63, 3.8) is 0 Å². The van der Waals surface area contributed by atoms with Gasteiger partial charge < -0.3 is 5.32 Å². The van der Waals surface area contributed by atoms with Crippen molar-refractivity contribution in [3.8, 4) is 0 Å². The number of hydrogen-bond donors (Lipinski definition) is 1. The predicted octanol–water partition coefficient (Wildman–Crippen LogP) is 2.87. The van der Waals surface area contributed by atoms with E-state index in [1.165, 1.54) is 7.05 Å². The van der Waals surface area contributed by atoms with Crippen LogP contribution in [-0.4, -0.2) is 31.9 Å². The summed E-state index contributed by atoms with van der Waals surface area (Å²) in [6, 6.07) is 13.7. The molecule has 1 amide bonds. The third-order valence-electron chi connectivity index (χ3n) is 3.74. The summed E-state index contributed by atoms with van der Waals surface area (Å²) in [5, 5.41) is 2.83. The molecule has 0 spiro atoms. The fourth-order valence-electron chi connectivity index (χ4n) is 2.61. The Hall–Kier alpha value is -2.18. The molecule has 0 fully saturated rings. The van der Waals surface area contributed by atoms with E-state index in [1.807, 2.05) is 38.1 Å². The second-order valence-corrected chi connectivity index (χ2v) is 8.00. The molecule has 0 unspecified atom stereocenters. The van der Waals surface area contributed by atoms with Gasteiger partial charge in [-0.25, -0.2) is 8.42 Å². The zero-order chi connectivity index (χ0) is 17.9. The lowest BCUT2D eigenvalue weighted by molar-refractivity contribution is -0.119. The van der Waals surface area contributed by atoms with Crippen LogP contribution in [0.1, 0.15) is 22.7 Å². The fraction of sp³-hybridized carbons (Fsp3) is 0.278. The van der Waals surface area contributed by atoms with E-state index in [9.17, 15) is 13.2 Å². The molecule has 0 heterocycles. The number of likely N-dealkylation sites (N-methyl/N-ethyl adjacent to an activating group) is 1. The number of rotatable bonds is 5. The Labute approximate surface area is 143 Å². The first-order valence-corrected chi connectivity index (χ1v) is 9.40. The van der Waals surface area contributed by atoms with Crippen molar-refractivity contribution >= 4 is 21.6 Å². The number of aryl methyl sites for hydroxylation is 2. The lowest BCUT2D eigenvalue weighted by Gasteiger charge is -2.25. The van der Waals surface area contributed by atoms with Crippen LogP contribution in [0.4, 0.5) is 5.69 Å². The van der Waals surface area contributed by atoms with Gasteiger partial charge in [0, 0.05) is 12.7 Å². The van der Waals surface area contributed by atoms with Crippen LogP contribution in [0.25, 0.3) is 0 Å². The van der Waals surface area contributed by atoms with E-state index in [4.69, 9.17) is 0 Å². The van der Waals surface area contributed by atoms with Gasteiger partial charge in [0.1, 0.15) is 6.04 Å². The summed E-state index contributed by atoms with van der Waals surface area (Å²) in [5.41, 5.74) is 3.32. The second kappa shape index (κ2) is 7.15. The number of nitrogens with one attached hydrogen (secondary N) is 1. The highest BCUT2D eigenvalue weighted by Crippen LogP contribution is 2.24. The summed E-state index contributed by atoms with van der Waals surface area (Å²) in [7, 11) is -2.12. The third kappa shape index (κ3) is 4.43. The van der Waals surface area contributed by atoms with Crippen LogP contribution >= 0.6 is 0 Å². The Morgan fingerprint density at radius 2 is 1.58 bits per heavy atom.